The van der Waals surface area contributed by atoms with Crippen molar-refractivity contribution in [3.8, 4) is 5.75 Å². The zero-order valence-electron chi connectivity index (χ0n) is 15.5. The Morgan fingerprint density at radius 2 is 1.82 bits per heavy atom. The fourth-order valence-corrected chi connectivity index (χ4v) is 3.29. The van der Waals surface area contributed by atoms with Gasteiger partial charge in [-0.3, -0.25) is 0 Å². The van der Waals surface area contributed by atoms with Gasteiger partial charge in [0.05, 0.1) is 21.3 Å². The van der Waals surface area contributed by atoms with E-state index in [1.54, 1.807) is 37.5 Å². The van der Waals surface area contributed by atoms with Crippen LogP contribution in [0.15, 0.2) is 30.3 Å². The summed E-state index contributed by atoms with van der Waals surface area (Å²) in [6.07, 6.45) is 2.77. The first-order valence-electron chi connectivity index (χ1n) is 7.97. The molecule has 0 spiro atoms. The van der Waals surface area contributed by atoms with E-state index in [-0.39, 0.29) is 27.6 Å². The smallest absolute Gasteiger partial charge is 0.348 e. The van der Waals surface area contributed by atoms with Gasteiger partial charge in [0.15, 0.2) is 0 Å². The van der Waals surface area contributed by atoms with Crippen LogP contribution in [0.5, 0.6) is 5.75 Å². The Bertz CT molecular complexity index is 917. The van der Waals surface area contributed by atoms with Crippen LogP contribution < -0.4 is 10.5 Å². The van der Waals surface area contributed by atoms with Crippen LogP contribution in [0.25, 0.3) is 6.08 Å². The second kappa shape index (κ2) is 9.56. The Morgan fingerprint density at radius 3 is 2.46 bits per heavy atom. The minimum absolute atomic E-state index is 0.0162. The van der Waals surface area contributed by atoms with E-state index in [4.69, 9.17) is 19.9 Å². The summed E-state index contributed by atoms with van der Waals surface area (Å²) in [5.41, 5.74) is 6.69. The number of ether oxygens (including phenoxy) is 4. The highest BCUT2D eigenvalue weighted by molar-refractivity contribution is 7.18. The summed E-state index contributed by atoms with van der Waals surface area (Å²) in [5, 5.41) is 0.0743. The van der Waals surface area contributed by atoms with Crippen LogP contribution in [0.4, 0.5) is 5.00 Å². The molecule has 2 rings (SSSR count). The van der Waals surface area contributed by atoms with Gasteiger partial charge in [0.2, 0.25) is 0 Å². The third-order valence-corrected chi connectivity index (χ3v) is 4.70. The monoisotopic (exact) mass is 405 g/mol. The van der Waals surface area contributed by atoms with Crippen LogP contribution in [-0.4, -0.2) is 39.2 Å². The first kappa shape index (κ1) is 21.0. The lowest BCUT2D eigenvalue weighted by molar-refractivity contribution is -0.138. The number of carbonyl (C=O) groups excluding carboxylic acids is 3. The predicted octanol–water partition coefficient (Wildman–Crippen LogP) is 2.67. The van der Waals surface area contributed by atoms with Crippen LogP contribution in [-0.2, 0) is 25.6 Å². The summed E-state index contributed by atoms with van der Waals surface area (Å²) < 4.78 is 19.7. The van der Waals surface area contributed by atoms with Gasteiger partial charge in [0.1, 0.15) is 27.8 Å². The quantitative estimate of drug-likeness (QED) is 0.425. The molecule has 28 heavy (non-hydrogen) atoms. The molecule has 0 saturated carbocycles. The molecule has 0 saturated heterocycles. The number of nitrogens with two attached hydrogens (primary N) is 1. The number of hydrogen-bond acceptors (Lipinski definition) is 9. The second-order valence-electron chi connectivity index (χ2n) is 5.35. The van der Waals surface area contributed by atoms with Crippen LogP contribution >= 0.6 is 11.3 Å². The minimum atomic E-state index is -0.734. The lowest BCUT2D eigenvalue weighted by Crippen LogP contribution is -2.11. The molecule has 0 amide bonds. The van der Waals surface area contributed by atoms with E-state index in [9.17, 15) is 14.4 Å². The molecule has 1 aromatic carbocycles. The minimum Gasteiger partial charge on any atom is -0.497 e. The van der Waals surface area contributed by atoms with Crippen molar-refractivity contribution in [2.75, 3.05) is 27.1 Å². The molecule has 8 nitrogen and oxygen atoms in total. The molecule has 0 aliphatic carbocycles. The van der Waals surface area contributed by atoms with Gasteiger partial charge in [-0.05, 0) is 23.8 Å². The van der Waals surface area contributed by atoms with Crippen LogP contribution in [0.3, 0.4) is 0 Å². The van der Waals surface area contributed by atoms with Gasteiger partial charge < -0.3 is 24.7 Å². The predicted molar refractivity (Wildman–Crippen MR) is 103 cm³/mol. The van der Waals surface area contributed by atoms with Gasteiger partial charge in [0.25, 0.3) is 0 Å². The highest BCUT2D eigenvalue weighted by atomic mass is 32.1. The molecule has 9 heteroatoms. The highest BCUT2D eigenvalue weighted by Crippen LogP contribution is 2.33. The maximum atomic E-state index is 12.1. The molecule has 0 bridgehead atoms. The van der Waals surface area contributed by atoms with E-state index in [2.05, 4.69) is 4.74 Å². The first-order chi connectivity index (χ1) is 13.4. The van der Waals surface area contributed by atoms with Gasteiger partial charge in [-0.15, -0.1) is 11.3 Å². The van der Waals surface area contributed by atoms with Gasteiger partial charge >= 0.3 is 17.9 Å². The fraction of sp³-hybridized carbons (Fsp3) is 0.211. The molecule has 0 aliphatic rings. The Kier molecular flexibility index (Phi) is 7.16. The SMILES string of the molecule is COC(=O)c1sc(N)c(C(=O)OC)c1COC(=O)/C=C/c1cccc(OC)c1. The molecule has 1 aromatic heterocycles. The van der Waals surface area contributed by atoms with E-state index in [0.717, 1.165) is 16.9 Å². The number of carbonyl (C=O) groups is 3. The summed E-state index contributed by atoms with van der Waals surface area (Å²) in [6, 6.07) is 7.09. The molecular formula is C19H19NO7S. The Balaban J connectivity index is 2.18. The van der Waals surface area contributed by atoms with Crippen LogP contribution in [0.1, 0.15) is 31.2 Å². The maximum Gasteiger partial charge on any atom is 0.348 e. The summed E-state index contributed by atoms with van der Waals surface area (Å²) in [6.45, 7) is -0.343. The van der Waals surface area contributed by atoms with E-state index in [1.807, 2.05) is 0 Å². The van der Waals surface area contributed by atoms with Crippen molar-refractivity contribution in [1.82, 2.24) is 0 Å². The molecule has 0 fully saturated rings. The first-order valence-corrected chi connectivity index (χ1v) is 8.79. The van der Waals surface area contributed by atoms with Gasteiger partial charge in [-0.1, -0.05) is 12.1 Å². The van der Waals surface area contributed by atoms with Gasteiger partial charge in [-0.25, -0.2) is 14.4 Å². The van der Waals surface area contributed by atoms with Gasteiger partial charge in [0, 0.05) is 11.6 Å². The molecular weight excluding hydrogens is 386 g/mol. The fourth-order valence-electron chi connectivity index (χ4n) is 2.31. The number of nitrogen functional groups attached to an aromatic ring is 1. The van der Waals surface area contributed by atoms with Crippen molar-refractivity contribution < 1.29 is 33.3 Å². The highest BCUT2D eigenvalue weighted by Gasteiger charge is 2.27. The molecule has 0 atom stereocenters. The number of methoxy groups -OCH3 is 3. The number of hydrogen-bond donors (Lipinski definition) is 1. The van der Waals surface area contributed by atoms with E-state index in [0.29, 0.717) is 5.75 Å². The van der Waals surface area contributed by atoms with Crippen LogP contribution in [0, 0.1) is 0 Å². The van der Waals surface area contributed by atoms with Crippen molar-refractivity contribution in [1.29, 1.82) is 0 Å². The lowest BCUT2D eigenvalue weighted by atomic mass is 10.1. The number of benzene rings is 1. The van der Waals surface area contributed by atoms with E-state index in [1.165, 1.54) is 20.3 Å². The van der Waals surface area contributed by atoms with Crippen molar-refractivity contribution in [3.63, 3.8) is 0 Å². The van der Waals surface area contributed by atoms with Crippen molar-refractivity contribution in [2.45, 2.75) is 6.61 Å². The van der Waals surface area contributed by atoms with Crippen molar-refractivity contribution in [2.24, 2.45) is 0 Å². The number of thiophene rings is 1. The summed E-state index contributed by atoms with van der Waals surface area (Å²) in [4.78, 5) is 36.0. The third-order valence-electron chi connectivity index (χ3n) is 3.66. The molecule has 0 aliphatic heterocycles. The molecule has 148 valence electrons. The number of anilines is 1. The van der Waals surface area contributed by atoms with Crippen LogP contribution in [0.2, 0.25) is 0 Å². The number of esters is 3. The Labute approximate surface area is 165 Å². The summed E-state index contributed by atoms with van der Waals surface area (Å²) >= 11 is 0.863. The number of rotatable bonds is 7. The summed E-state index contributed by atoms with van der Waals surface area (Å²) in [7, 11) is 3.92. The lowest BCUT2D eigenvalue weighted by Gasteiger charge is -2.06. The Morgan fingerprint density at radius 1 is 1.11 bits per heavy atom. The summed E-state index contributed by atoms with van der Waals surface area (Å²) in [5.74, 6) is -1.44. The van der Waals surface area contributed by atoms with Gasteiger partial charge in [-0.2, -0.15) is 0 Å². The molecule has 1 heterocycles. The zero-order valence-corrected chi connectivity index (χ0v) is 16.3. The van der Waals surface area contributed by atoms with E-state index >= 15 is 0 Å². The Hall–Kier alpha value is -3.33. The molecule has 2 aromatic rings. The van der Waals surface area contributed by atoms with E-state index < -0.39 is 17.9 Å². The largest absolute Gasteiger partial charge is 0.497 e. The zero-order chi connectivity index (χ0) is 20.7. The molecule has 2 N–H and O–H groups in total. The second-order valence-corrected chi connectivity index (χ2v) is 6.40. The standard InChI is InChI=1S/C19H19NO7S/c1-24-12-6-4-5-11(9-12)7-8-14(21)27-10-13-15(18(22)25-2)17(20)28-16(13)19(23)26-3/h4-9H,10,20H2,1-3H3/b8-7+. The normalized spacial score (nSPS) is 10.5. The maximum absolute atomic E-state index is 12.1. The van der Waals surface area contributed by atoms with Crippen molar-refractivity contribution >= 4 is 40.3 Å². The average Bonchev–Trinajstić information content (AvgIpc) is 3.05. The topological polar surface area (TPSA) is 114 Å². The average molecular weight is 405 g/mol. The van der Waals surface area contributed by atoms with Crippen molar-refractivity contribution in [3.05, 3.63) is 51.9 Å². The molecule has 0 radical (unpaired) electrons. The third kappa shape index (κ3) is 4.89. The molecule has 0 unspecified atom stereocenters.